The van der Waals surface area contributed by atoms with Gasteiger partial charge in [0, 0.05) is 27.1 Å². The van der Waals surface area contributed by atoms with Crippen LogP contribution in [0.3, 0.4) is 0 Å². The summed E-state index contributed by atoms with van der Waals surface area (Å²) in [5.41, 5.74) is -0.171. The molecule has 1 aliphatic heterocycles. The first-order valence-electron chi connectivity index (χ1n) is 8.97. The van der Waals surface area contributed by atoms with Crippen molar-refractivity contribution in [1.82, 2.24) is 0 Å². The summed E-state index contributed by atoms with van der Waals surface area (Å²) in [6.07, 6.45) is 1.73. The minimum absolute atomic E-state index is 0.0876. The monoisotopic (exact) mass is 440 g/mol. The molecule has 0 bridgehead atoms. The van der Waals surface area contributed by atoms with E-state index in [-0.39, 0.29) is 18.8 Å². The summed E-state index contributed by atoms with van der Waals surface area (Å²) in [7, 11) is 0. The highest BCUT2D eigenvalue weighted by atomic mass is 79.9. The molecule has 5 nitrogen and oxygen atoms in total. The maximum Gasteiger partial charge on any atom is 0.334 e. The standard InChI is InChI=1S/C22H17BrO5/c1-2-27-20(25)15-10-11-22(19(24)13-6-4-3-5-7-13)18(15)16-12-14(23)8-9-17(16)28-21(22)26/h3-10,12,18H,2,11H2,1H3. The first-order valence-corrected chi connectivity index (χ1v) is 9.77. The van der Waals surface area contributed by atoms with E-state index in [4.69, 9.17) is 9.47 Å². The average Bonchev–Trinajstić information content (AvgIpc) is 3.11. The number of ether oxygens (including phenoxy) is 2. The zero-order valence-electron chi connectivity index (χ0n) is 15.1. The molecule has 0 fully saturated rings. The Morgan fingerprint density at radius 3 is 2.68 bits per heavy atom. The van der Waals surface area contributed by atoms with E-state index in [9.17, 15) is 14.4 Å². The number of carbonyl (C=O) groups excluding carboxylic acids is 3. The smallest absolute Gasteiger partial charge is 0.334 e. The molecule has 6 heteroatoms. The Labute approximate surface area is 170 Å². The van der Waals surface area contributed by atoms with Gasteiger partial charge >= 0.3 is 11.9 Å². The van der Waals surface area contributed by atoms with Crippen molar-refractivity contribution in [2.75, 3.05) is 6.61 Å². The molecule has 0 aromatic heterocycles. The van der Waals surface area contributed by atoms with Crippen molar-refractivity contribution in [3.05, 3.63) is 75.8 Å². The molecular formula is C22H17BrO5. The normalized spacial score (nSPS) is 22.6. The van der Waals surface area contributed by atoms with Crippen molar-refractivity contribution in [2.45, 2.75) is 19.3 Å². The van der Waals surface area contributed by atoms with Gasteiger partial charge in [0.15, 0.2) is 5.78 Å². The number of allylic oxidation sites excluding steroid dienone is 1. The van der Waals surface area contributed by atoms with Crippen molar-refractivity contribution in [1.29, 1.82) is 0 Å². The molecule has 2 aliphatic rings. The lowest BCUT2D eigenvalue weighted by atomic mass is 9.66. The molecule has 2 unspecified atom stereocenters. The lowest BCUT2D eigenvalue weighted by Crippen LogP contribution is -2.48. The maximum absolute atomic E-state index is 13.5. The number of halogens is 1. The van der Waals surface area contributed by atoms with Gasteiger partial charge in [0.05, 0.1) is 6.61 Å². The predicted molar refractivity (Wildman–Crippen MR) is 105 cm³/mol. The first kappa shape index (κ1) is 18.6. The third-order valence-corrected chi connectivity index (χ3v) is 5.74. The van der Waals surface area contributed by atoms with Gasteiger partial charge in [0.2, 0.25) is 0 Å². The van der Waals surface area contributed by atoms with E-state index < -0.39 is 23.3 Å². The number of benzene rings is 2. The number of esters is 2. The van der Waals surface area contributed by atoms with Crippen LogP contribution in [0.2, 0.25) is 0 Å². The summed E-state index contributed by atoms with van der Waals surface area (Å²) >= 11 is 3.43. The summed E-state index contributed by atoms with van der Waals surface area (Å²) < 4.78 is 11.5. The zero-order valence-corrected chi connectivity index (χ0v) is 16.7. The van der Waals surface area contributed by atoms with E-state index in [0.717, 1.165) is 4.47 Å². The van der Waals surface area contributed by atoms with E-state index in [2.05, 4.69) is 15.9 Å². The Hall–Kier alpha value is -2.73. The molecular weight excluding hydrogens is 424 g/mol. The zero-order chi connectivity index (χ0) is 19.9. The third-order valence-electron chi connectivity index (χ3n) is 5.25. The van der Waals surface area contributed by atoms with Crippen LogP contribution in [0.5, 0.6) is 5.75 Å². The van der Waals surface area contributed by atoms with Gasteiger partial charge in [-0.2, -0.15) is 0 Å². The van der Waals surface area contributed by atoms with Crippen LogP contribution in [0.25, 0.3) is 0 Å². The summed E-state index contributed by atoms with van der Waals surface area (Å²) in [4.78, 5) is 39.3. The fourth-order valence-electron chi connectivity index (χ4n) is 4.01. The highest BCUT2D eigenvalue weighted by molar-refractivity contribution is 9.10. The first-order chi connectivity index (χ1) is 13.5. The van der Waals surface area contributed by atoms with Crippen LogP contribution < -0.4 is 4.74 Å². The van der Waals surface area contributed by atoms with Crippen molar-refractivity contribution in [2.24, 2.45) is 5.41 Å². The van der Waals surface area contributed by atoms with Gasteiger partial charge in [-0.3, -0.25) is 9.59 Å². The second kappa shape index (κ2) is 7.02. The molecule has 0 radical (unpaired) electrons. The Bertz CT molecular complexity index is 1010. The van der Waals surface area contributed by atoms with Gasteiger partial charge in [-0.05, 0) is 31.5 Å². The fourth-order valence-corrected chi connectivity index (χ4v) is 4.39. The van der Waals surface area contributed by atoms with Gasteiger partial charge in [0.25, 0.3) is 0 Å². The molecule has 2 aromatic rings. The average molecular weight is 441 g/mol. The minimum atomic E-state index is -1.52. The van der Waals surface area contributed by atoms with Crippen molar-refractivity contribution < 1.29 is 23.9 Å². The Morgan fingerprint density at radius 2 is 1.96 bits per heavy atom. The molecule has 28 heavy (non-hydrogen) atoms. The van der Waals surface area contributed by atoms with Gasteiger partial charge in [0.1, 0.15) is 11.2 Å². The van der Waals surface area contributed by atoms with E-state index in [1.807, 2.05) is 0 Å². The van der Waals surface area contributed by atoms with E-state index >= 15 is 0 Å². The summed E-state index contributed by atoms with van der Waals surface area (Å²) in [6.45, 7) is 1.92. The van der Waals surface area contributed by atoms with Crippen LogP contribution in [0.15, 0.2) is 64.7 Å². The topological polar surface area (TPSA) is 69.7 Å². The van der Waals surface area contributed by atoms with Crippen LogP contribution in [-0.4, -0.2) is 24.3 Å². The van der Waals surface area contributed by atoms with Gasteiger partial charge in [-0.1, -0.05) is 52.3 Å². The highest BCUT2D eigenvalue weighted by Gasteiger charge is 2.61. The van der Waals surface area contributed by atoms with Crippen LogP contribution in [-0.2, 0) is 14.3 Å². The number of hydrogen-bond acceptors (Lipinski definition) is 5. The molecule has 1 heterocycles. The molecule has 2 aromatic carbocycles. The molecule has 0 saturated carbocycles. The third kappa shape index (κ3) is 2.71. The largest absolute Gasteiger partial charge is 0.463 e. The second-order valence-corrected chi connectivity index (χ2v) is 7.67. The Kier molecular flexibility index (Phi) is 4.67. The molecule has 0 amide bonds. The minimum Gasteiger partial charge on any atom is -0.463 e. The van der Waals surface area contributed by atoms with Gasteiger partial charge < -0.3 is 9.47 Å². The summed E-state index contributed by atoms with van der Waals surface area (Å²) in [5, 5.41) is 0. The lowest BCUT2D eigenvalue weighted by molar-refractivity contribution is -0.145. The number of hydrogen-bond donors (Lipinski definition) is 0. The van der Waals surface area contributed by atoms with Crippen LogP contribution in [0.1, 0.15) is 35.2 Å². The number of carbonyl (C=O) groups is 3. The van der Waals surface area contributed by atoms with Gasteiger partial charge in [-0.15, -0.1) is 0 Å². The quantitative estimate of drug-likeness (QED) is 0.308. The molecule has 1 aliphatic carbocycles. The number of ketones is 1. The van der Waals surface area contributed by atoms with Crippen LogP contribution in [0, 0.1) is 5.41 Å². The van der Waals surface area contributed by atoms with Crippen molar-refractivity contribution in [3.8, 4) is 5.75 Å². The Morgan fingerprint density at radius 1 is 1.21 bits per heavy atom. The summed E-state index contributed by atoms with van der Waals surface area (Å²) in [6, 6.07) is 13.8. The molecule has 2 atom stereocenters. The van der Waals surface area contributed by atoms with Crippen LogP contribution in [0.4, 0.5) is 0 Å². The van der Waals surface area contributed by atoms with E-state index in [1.165, 1.54) is 0 Å². The highest BCUT2D eigenvalue weighted by Crippen LogP contribution is 2.57. The number of Topliss-reactive ketones (excluding diaryl/α,β-unsaturated/α-hetero) is 1. The molecule has 0 spiro atoms. The van der Waals surface area contributed by atoms with E-state index in [1.54, 1.807) is 61.5 Å². The van der Waals surface area contributed by atoms with E-state index in [0.29, 0.717) is 22.4 Å². The van der Waals surface area contributed by atoms with Crippen molar-refractivity contribution in [3.63, 3.8) is 0 Å². The number of rotatable bonds is 4. The molecule has 142 valence electrons. The van der Waals surface area contributed by atoms with Gasteiger partial charge in [-0.25, -0.2) is 4.79 Å². The number of fused-ring (bicyclic) bond motifs is 3. The second-order valence-electron chi connectivity index (χ2n) is 6.76. The SMILES string of the molecule is CCOC(=O)C1=CCC2(C(=O)c3ccccc3)C(=O)Oc3ccc(Br)cc3C12. The molecule has 0 saturated heterocycles. The Balaban J connectivity index is 1.91. The lowest BCUT2D eigenvalue weighted by Gasteiger charge is -2.38. The molecule has 4 rings (SSSR count). The fraction of sp³-hybridized carbons (Fsp3) is 0.227. The predicted octanol–water partition coefficient (Wildman–Crippen LogP) is 4.21. The van der Waals surface area contributed by atoms with Crippen molar-refractivity contribution >= 4 is 33.7 Å². The maximum atomic E-state index is 13.5. The molecule has 0 N–H and O–H groups in total. The van der Waals surface area contributed by atoms with Crippen LogP contribution >= 0.6 is 15.9 Å². The summed E-state index contributed by atoms with van der Waals surface area (Å²) in [5.74, 6) is -1.92.